The minimum absolute atomic E-state index is 0.116. The molecule has 1 aliphatic carbocycles. The molecule has 3 heteroatoms. The second-order valence-electron chi connectivity index (χ2n) is 6.64. The first kappa shape index (κ1) is 15.5. The molecule has 1 fully saturated rings. The number of carbonyl (C=O) groups excluding carboxylic acids is 1. The van der Waals surface area contributed by atoms with Crippen LogP contribution in [0.25, 0.3) is 0 Å². The van der Waals surface area contributed by atoms with Crippen LogP contribution in [0, 0.1) is 5.92 Å². The van der Waals surface area contributed by atoms with Gasteiger partial charge in [-0.15, -0.1) is 0 Å². The summed E-state index contributed by atoms with van der Waals surface area (Å²) in [5, 5.41) is 6.54. The Morgan fingerprint density at radius 2 is 2.00 bits per heavy atom. The smallest absolute Gasteiger partial charge is 0.221 e. The van der Waals surface area contributed by atoms with Gasteiger partial charge in [-0.3, -0.25) is 4.79 Å². The number of carbonyl (C=O) groups is 1. The lowest BCUT2D eigenvalue weighted by Gasteiger charge is -2.29. The number of hydrogen-bond acceptors (Lipinski definition) is 2. The van der Waals surface area contributed by atoms with Crippen LogP contribution in [0.3, 0.4) is 0 Å². The molecule has 18 heavy (non-hydrogen) atoms. The van der Waals surface area contributed by atoms with E-state index in [-0.39, 0.29) is 11.4 Å². The van der Waals surface area contributed by atoms with Crippen molar-refractivity contribution in [2.24, 2.45) is 5.92 Å². The molecule has 0 aromatic rings. The lowest BCUT2D eigenvalue weighted by Crippen LogP contribution is -2.42. The van der Waals surface area contributed by atoms with Crippen molar-refractivity contribution in [2.45, 2.75) is 77.8 Å². The molecule has 1 rings (SSSR count). The molecular weight excluding hydrogens is 224 g/mol. The Balaban J connectivity index is 2.15. The Morgan fingerprint density at radius 1 is 1.28 bits per heavy atom. The summed E-state index contributed by atoms with van der Waals surface area (Å²) in [6, 6.07) is 0.631. The van der Waals surface area contributed by atoms with Gasteiger partial charge in [0.25, 0.3) is 0 Å². The zero-order chi connectivity index (χ0) is 13.6. The summed E-state index contributed by atoms with van der Waals surface area (Å²) in [5.74, 6) is 1.04. The van der Waals surface area contributed by atoms with Crippen molar-refractivity contribution in [1.29, 1.82) is 0 Å². The molecule has 0 aliphatic heterocycles. The summed E-state index contributed by atoms with van der Waals surface area (Å²) in [7, 11) is 0. The zero-order valence-electron chi connectivity index (χ0n) is 12.5. The van der Waals surface area contributed by atoms with Gasteiger partial charge in [-0.25, -0.2) is 0 Å². The largest absolute Gasteiger partial charge is 0.351 e. The van der Waals surface area contributed by atoms with Gasteiger partial charge in [0, 0.05) is 24.5 Å². The van der Waals surface area contributed by atoms with E-state index in [1.165, 1.54) is 32.1 Å². The van der Waals surface area contributed by atoms with Crippen LogP contribution in [-0.2, 0) is 4.79 Å². The van der Waals surface area contributed by atoms with Gasteiger partial charge in [0.2, 0.25) is 5.91 Å². The van der Waals surface area contributed by atoms with Crippen molar-refractivity contribution in [3.8, 4) is 0 Å². The van der Waals surface area contributed by atoms with Gasteiger partial charge in [0.05, 0.1) is 0 Å². The molecule has 1 amide bonds. The van der Waals surface area contributed by atoms with Crippen LogP contribution in [0.4, 0.5) is 0 Å². The molecule has 0 saturated heterocycles. The quantitative estimate of drug-likeness (QED) is 0.792. The van der Waals surface area contributed by atoms with Gasteiger partial charge >= 0.3 is 0 Å². The first-order valence-electron chi connectivity index (χ1n) is 7.45. The van der Waals surface area contributed by atoms with E-state index in [1.807, 2.05) is 20.8 Å². The van der Waals surface area contributed by atoms with E-state index in [0.717, 1.165) is 12.5 Å². The fraction of sp³-hybridized carbons (Fsp3) is 0.933. The standard InChI is InChI=1S/C15H30N2O/c1-5-12-7-6-8-13(11-12)16-10-9-14(18)17-15(2,3)4/h12-13,16H,5-11H2,1-4H3,(H,17,18). The van der Waals surface area contributed by atoms with E-state index >= 15 is 0 Å². The highest BCUT2D eigenvalue weighted by Crippen LogP contribution is 2.26. The van der Waals surface area contributed by atoms with Crippen LogP contribution < -0.4 is 10.6 Å². The highest BCUT2D eigenvalue weighted by atomic mass is 16.1. The van der Waals surface area contributed by atoms with E-state index in [0.29, 0.717) is 12.5 Å². The maximum Gasteiger partial charge on any atom is 0.221 e. The average molecular weight is 254 g/mol. The first-order valence-corrected chi connectivity index (χ1v) is 7.45. The lowest BCUT2D eigenvalue weighted by atomic mass is 9.84. The molecule has 0 heterocycles. The molecule has 1 saturated carbocycles. The molecule has 0 radical (unpaired) electrons. The van der Waals surface area contributed by atoms with Gasteiger partial charge in [-0.1, -0.05) is 26.2 Å². The van der Waals surface area contributed by atoms with Crippen molar-refractivity contribution in [3.63, 3.8) is 0 Å². The summed E-state index contributed by atoms with van der Waals surface area (Å²) in [4.78, 5) is 11.7. The molecule has 106 valence electrons. The maximum atomic E-state index is 11.7. The second kappa shape index (κ2) is 7.13. The van der Waals surface area contributed by atoms with Crippen molar-refractivity contribution in [3.05, 3.63) is 0 Å². The fourth-order valence-corrected chi connectivity index (χ4v) is 2.72. The summed E-state index contributed by atoms with van der Waals surface area (Å²) in [6.07, 6.45) is 7.17. The minimum atomic E-state index is -0.116. The van der Waals surface area contributed by atoms with Gasteiger partial charge in [-0.2, -0.15) is 0 Å². The Labute approximate surface area is 112 Å². The van der Waals surface area contributed by atoms with Crippen molar-refractivity contribution >= 4 is 5.91 Å². The normalized spacial score (nSPS) is 24.9. The topological polar surface area (TPSA) is 41.1 Å². The molecule has 2 N–H and O–H groups in total. The van der Waals surface area contributed by atoms with Crippen molar-refractivity contribution < 1.29 is 4.79 Å². The maximum absolute atomic E-state index is 11.7. The lowest BCUT2D eigenvalue weighted by molar-refractivity contribution is -0.122. The minimum Gasteiger partial charge on any atom is -0.351 e. The Kier molecular flexibility index (Phi) is 6.13. The highest BCUT2D eigenvalue weighted by molar-refractivity contribution is 5.76. The van der Waals surface area contributed by atoms with E-state index in [2.05, 4.69) is 17.6 Å². The predicted molar refractivity (Wildman–Crippen MR) is 76.6 cm³/mol. The van der Waals surface area contributed by atoms with Gasteiger partial charge in [-0.05, 0) is 39.5 Å². The summed E-state index contributed by atoms with van der Waals surface area (Å²) < 4.78 is 0. The Bertz CT molecular complexity index is 258. The summed E-state index contributed by atoms with van der Waals surface area (Å²) in [5.41, 5.74) is -0.116. The third-order valence-electron chi connectivity index (χ3n) is 3.66. The summed E-state index contributed by atoms with van der Waals surface area (Å²) in [6.45, 7) is 9.15. The second-order valence-corrected chi connectivity index (χ2v) is 6.64. The monoisotopic (exact) mass is 254 g/mol. The average Bonchev–Trinajstić information content (AvgIpc) is 2.27. The Morgan fingerprint density at radius 3 is 2.61 bits per heavy atom. The number of rotatable bonds is 5. The molecule has 2 unspecified atom stereocenters. The van der Waals surface area contributed by atoms with E-state index < -0.39 is 0 Å². The van der Waals surface area contributed by atoms with Crippen LogP contribution in [0.1, 0.15) is 66.2 Å². The highest BCUT2D eigenvalue weighted by Gasteiger charge is 2.20. The van der Waals surface area contributed by atoms with E-state index in [4.69, 9.17) is 0 Å². The molecule has 0 bridgehead atoms. The van der Waals surface area contributed by atoms with Gasteiger partial charge in [0.1, 0.15) is 0 Å². The van der Waals surface area contributed by atoms with Crippen molar-refractivity contribution in [1.82, 2.24) is 10.6 Å². The third kappa shape index (κ3) is 6.39. The first-order chi connectivity index (χ1) is 8.40. The summed E-state index contributed by atoms with van der Waals surface area (Å²) >= 11 is 0. The van der Waals surface area contributed by atoms with Crippen LogP contribution in [0.2, 0.25) is 0 Å². The Hall–Kier alpha value is -0.570. The predicted octanol–water partition coefficient (Wildman–Crippen LogP) is 2.85. The van der Waals surface area contributed by atoms with Crippen LogP contribution >= 0.6 is 0 Å². The molecule has 0 spiro atoms. The van der Waals surface area contributed by atoms with Crippen LogP contribution in [0.15, 0.2) is 0 Å². The van der Waals surface area contributed by atoms with E-state index in [9.17, 15) is 4.79 Å². The van der Waals surface area contributed by atoms with E-state index in [1.54, 1.807) is 0 Å². The molecule has 0 aromatic heterocycles. The molecular formula is C15H30N2O. The van der Waals surface area contributed by atoms with Gasteiger partial charge < -0.3 is 10.6 Å². The van der Waals surface area contributed by atoms with Crippen LogP contribution in [0.5, 0.6) is 0 Å². The van der Waals surface area contributed by atoms with Crippen LogP contribution in [-0.4, -0.2) is 24.0 Å². The number of hydrogen-bond donors (Lipinski definition) is 2. The van der Waals surface area contributed by atoms with Crippen molar-refractivity contribution in [2.75, 3.05) is 6.54 Å². The zero-order valence-corrected chi connectivity index (χ0v) is 12.5. The third-order valence-corrected chi connectivity index (χ3v) is 3.66. The number of nitrogens with one attached hydrogen (secondary N) is 2. The molecule has 0 aromatic carbocycles. The molecule has 1 aliphatic rings. The molecule has 3 nitrogen and oxygen atoms in total. The fourth-order valence-electron chi connectivity index (χ4n) is 2.72. The number of amides is 1. The molecule has 2 atom stereocenters. The SMILES string of the molecule is CCC1CCCC(NCCC(=O)NC(C)(C)C)C1. The van der Waals surface area contributed by atoms with Gasteiger partial charge in [0.15, 0.2) is 0 Å².